The Morgan fingerprint density at radius 1 is 1.04 bits per heavy atom. The van der Waals surface area contributed by atoms with Gasteiger partial charge in [-0.1, -0.05) is 50.8 Å². The van der Waals surface area contributed by atoms with Gasteiger partial charge in [0.25, 0.3) is 0 Å². The molecule has 2 aliphatic rings. The number of rotatable bonds is 7. The molecule has 1 aromatic heterocycles. The normalized spacial score (nSPS) is 20.3. The second-order valence-corrected chi connectivity index (χ2v) is 7.94. The lowest BCUT2D eigenvalue weighted by Gasteiger charge is -2.40. The first kappa shape index (κ1) is 18.4. The van der Waals surface area contributed by atoms with E-state index in [9.17, 15) is 0 Å². The van der Waals surface area contributed by atoms with Gasteiger partial charge >= 0.3 is 0 Å². The molecule has 1 saturated carbocycles. The number of aromatic nitrogens is 4. The number of anilines is 1. The number of nitrogens with zero attached hydrogens (tertiary/aromatic N) is 6. The summed E-state index contributed by atoms with van der Waals surface area (Å²) < 4.78 is 2.16. The first-order chi connectivity index (χ1) is 13.4. The largest absolute Gasteiger partial charge is 0.369 e. The van der Waals surface area contributed by atoms with E-state index in [0.29, 0.717) is 12.1 Å². The van der Waals surface area contributed by atoms with Crippen molar-refractivity contribution >= 4 is 5.69 Å². The summed E-state index contributed by atoms with van der Waals surface area (Å²) >= 11 is 0. The molecule has 6 nitrogen and oxygen atoms in total. The van der Waals surface area contributed by atoms with Crippen molar-refractivity contribution in [1.29, 1.82) is 0 Å². The molecule has 2 heterocycles. The number of piperazine rings is 1. The first-order valence-electron chi connectivity index (χ1n) is 10.7. The number of unbranched alkanes of at least 4 members (excludes halogenated alkanes) is 1. The molecule has 27 heavy (non-hydrogen) atoms. The van der Waals surface area contributed by atoms with Gasteiger partial charge in [0.05, 0.1) is 12.1 Å². The molecule has 0 bridgehead atoms. The van der Waals surface area contributed by atoms with E-state index in [1.54, 1.807) is 0 Å². The molecule has 1 unspecified atom stereocenters. The Kier molecular flexibility index (Phi) is 6.02. The number of benzene rings is 1. The second kappa shape index (κ2) is 8.83. The van der Waals surface area contributed by atoms with E-state index < -0.39 is 0 Å². The van der Waals surface area contributed by atoms with Gasteiger partial charge in [-0.2, -0.15) is 0 Å². The molecule has 0 spiro atoms. The van der Waals surface area contributed by atoms with Crippen molar-refractivity contribution in [2.75, 3.05) is 31.1 Å². The smallest absolute Gasteiger partial charge is 0.168 e. The highest BCUT2D eigenvalue weighted by Crippen LogP contribution is 2.33. The summed E-state index contributed by atoms with van der Waals surface area (Å²) in [5.74, 6) is 1.10. The van der Waals surface area contributed by atoms with E-state index in [1.807, 2.05) is 0 Å². The summed E-state index contributed by atoms with van der Waals surface area (Å²) in [5, 5.41) is 13.0. The van der Waals surface area contributed by atoms with Crippen LogP contribution in [0.4, 0.5) is 5.69 Å². The van der Waals surface area contributed by atoms with E-state index in [1.165, 1.54) is 44.2 Å². The van der Waals surface area contributed by atoms with Crippen molar-refractivity contribution in [3.8, 4) is 0 Å². The van der Waals surface area contributed by atoms with E-state index in [-0.39, 0.29) is 0 Å². The lowest BCUT2D eigenvalue weighted by Crippen LogP contribution is -2.48. The minimum atomic E-state index is 0.346. The zero-order chi connectivity index (χ0) is 18.5. The third-order valence-electron chi connectivity index (χ3n) is 6.19. The van der Waals surface area contributed by atoms with Crippen molar-refractivity contribution in [3.05, 3.63) is 36.2 Å². The number of hydrogen-bond donors (Lipinski definition) is 0. The Bertz CT molecular complexity index is 686. The van der Waals surface area contributed by atoms with Crippen LogP contribution in [0.1, 0.15) is 69.8 Å². The molecule has 1 saturated heterocycles. The predicted molar refractivity (Wildman–Crippen MR) is 108 cm³/mol. The Hall–Kier alpha value is -1.95. The van der Waals surface area contributed by atoms with Crippen molar-refractivity contribution in [2.45, 2.75) is 64.0 Å². The second-order valence-electron chi connectivity index (χ2n) is 7.94. The molecule has 0 N–H and O–H groups in total. The van der Waals surface area contributed by atoms with Gasteiger partial charge in [0, 0.05) is 31.9 Å². The molecule has 0 radical (unpaired) electrons. The van der Waals surface area contributed by atoms with Crippen LogP contribution in [0.3, 0.4) is 0 Å². The maximum atomic E-state index is 4.51. The number of tetrazole rings is 1. The summed E-state index contributed by atoms with van der Waals surface area (Å²) in [6.45, 7) is 6.54. The lowest BCUT2D eigenvalue weighted by molar-refractivity contribution is 0.160. The summed E-state index contributed by atoms with van der Waals surface area (Å²) in [7, 11) is 0. The summed E-state index contributed by atoms with van der Waals surface area (Å²) in [4.78, 5) is 5.11. The van der Waals surface area contributed by atoms with Gasteiger partial charge in [0.2, 0.25) is 0 Å². The van der Waals surface area contributed by atoms with Crippen LogP contribution in [-0.4, -0.2) is 51.3 Å². The molecule has 4 rings (SSSR count). The van der Waals surface area contributed by atoms with Gasteiger partial charge in [0.15, 0.2) is 5.82 Å². The molecule has 2 aromatic rings. The fourth-order valence-electron chi connectivity index (χ4n) is 4.63. The summed E-state index contributed by atoms with van der Waals surface area (Å²) in [6.07, 6.45) is 8.64. The maximum Gasteiger partial charge on any atom is 0.168 e. The standard InChI is InChI=1S/C21H32N6/c1-2-3-13-20(21-22-23-24-27(21)19-11-7-8-12-19)26-16-14-25(15-17-26)18-9-5-4-6-10-18/h4-6,9-10,19-20H,2-3,7-8,11-17H2,1H3. The minimum Gasteiger partial charge on any atom is -0.369 e. The predicted octanol–water partition coefficient (Wildman–Crippen LogP) is 3.84. The topological polar surface area (TPSA) is 50.1 Å². The maximum absolute atomic E-state index is 4.51. The van der Waals surface area contributed by atoms with Crippen LogP contribution in [0, 0.1) is 0 Å². The highest BCUT2D eigenvalue weighted by Gasteiger charge is 2.31. The first-order valence-corrected chi connectivity index (χ1v) is 10.7. The molecule has 6 heteroatoms. The molecule has 1 aliphatic heterocycles. The number of hydrogen-bond acceptors (Lipinski definition) is 5. The van der Waals surface area contributed by atoms with E-state index in [2.05, 4.69) is 67.3 Å². The molecule has 146 valence electrons. The van der Waals surface area contributed by atoms with E-state index in [4.69, 9.17) is 0 Å². The number of para-hydroxylation sites is 1. The van der Waals surface area contributed by atoms with E-state index >= 15 is 0 Å². The van der Waals surface area contributed by atoms with Crippen LogP contribution in [0.2, 0.25) is 0 Å². The van der Waals surface area contributed by atoms with Crippen LogP contribution in [-0.2, 0) is 0 Å². The van der Waals surface area contributed by atoms with Crippen LogP contribution in [0.25, 0.3) is 0 Å². The Labute approximate surface area is 162 Å². The third kappa shape index (κ3) is 4.15. The van der Waals surface area contributed by atoms with Crippen LogP contribution in [0.5, 0.6) is 0 Å². The molecule has 2 fully saturated rings. The van der Waals surface area contributed by atoms with Gasteiger partial charge in [-0.3, -0.25) is 4.90 Å². The highest BCUT2D eigenvalue weighted by atomic mass is 15.6. The minimum absolute atomic E-state index is 0.346. The zero-order valence-corrected chi connectivity index (χ0v) is 16.5. The Balaban J connectivity index is 1.48. The van der Waals surface area contributed by atoms with Gasteiger partial charge in [0.1, 0.15) is 0 Å². The zero-order valence-electron chi connectivity index (χ0n) is 16.5. The Morgan fingerprint density at radius 3 is 2.48 bits per heavy atom. The SMILES string of the molecule is CCCCC(c1nnnn1C1CCCC1)N1CCN(c2ccccc2)CC1. The van der Waals surface area contributed by atoms with Crippen LogP contribution >= 0.6 is 0 Å². The van der Waals surface area contributed by atoms with Crippen LogP contribution < -0.4 is 4.90 Å². The van der Waals surface area contributed by atoms with Gasteiger partial charge in [-0.25, -0.2) is 4.68 Å². The summed E-state index contributed by atoms with van der Waals surface area (Å²) in [6, 6.07) is 11.6. The molecule has 1 aromatic carbocycles. The van der Waals surface area contributed by atoms with Gasteiger partial charge in [-0.15, -0.1) is 5.10 Å². The molecule has 1 atom stereocenters. The fourth-order valence-corrected chi connectivity index (χ4v) is 4.63. The third-order valence-corrected chi connectivity index (χ3v) is 6.19. The molecular formula is C21H32N6. The Morgan fingerprint density at radius 2 is 1.78 bits per heavy atom. The van der Waals surface area contributed by atoms with Crippen molar-refractivity contribution in [3.63, 3.8) is 0 Å². The molecule has 0 amide bonds. The molecule has 1 aliphatic carbocycles. The average Bonchev–Trinajstić information content (AvgIpc) is 3.41. The molecular weight excluding hydrogens is 336 g/mol. The quantitative estimate of drug-likeness (QED) is 0.743. The monoisotopic (exact) mass is 368 g/mol. The van der Waals surface area contributed by atoms with Gasteiger partial charge in [-0.05, 0) is 41.8 Å². The summed E-state index contributed by atoms with van der Waals surface area (Å²) in [5.41, 5.74) is 1.33. The van der Waals surface area contributed by atoms with Crippen molar-refractivity contribution < 1.29 is 0 Å². The van der Waals surface area contributed by atoms with E-state index in [0.717, 1.165) is 38.4 Å². The average molecular weight is 369 g/mol. The fraction of sp³-hybridized carbons (Fsp3) is 0.667. The van der Waals surface area contributed by atoms with Crippen LogP contribution in [0.15, 0.2) is 30.3 Å². The van der Waals surface area contributed by atoms with Gasteiger partial charge < -0.3 is 4.90 Å². The highest BCUT2D eigenvalue weighted by molar-refractivity contribution is 5.46. The van der Waals surface area contributed by atoms with Crippen molar-refractivity contribution in [2.24, 2.45) is 0 Å². The van der Waals surface area contributed by atoms with Crippen molar-refractivity contribution in [1.82, 2.24) is 25.1 Å². The lowest BCUT2D eigenvalue weighted by atomic mass is 10.1.